The van der Waals surface area contributed by atoms with Gasteiger partial charge >= 0.3 is 0 Å². The smallest absolute Gasteiger partial charge is 0.123 e. The van der Waals surface area contributed by atoms with Gasteiger partial charge in [0.25, 0.3) is 0 Å². The van der Waals surface area contributed by atoms with Crippen molar-refractivity contribution in [3.63, 3.8) is 0 Å². The predicted octanol–water partition coefficient (Wildman–Crippen LogP) is 3.81. The van der Waals surface area contributed by atoms with E-state index in [-0.39, 0.29) is 5.82 Å². The van der Waals surface area contributed by atoms with Crippen LogP contribution < -0.4 is 10.2 Å². The van der Waals surface area contributed by atoms with Gasteiger partial charge in [0.05, 0.1) is 0 Å². The summed E-state index contributed by atoms with van der Waals surface area (Å²) in [5.41, 5.74) is 2.21. The molecule has 1 N–H and O–H groups in total. The number of halogens is 1. The van der Waals surface area contributed by atoms with E-state index in [1.165, 1.54) is 12.8 Å². The molecule has 1 unspecified atom stereocenters. The summed E-state index contributed by atoms with van der Waals surface area (Å²) in [5, 5.41) is 3.41. The van der Waals surface area contributed by atoms with Crippen LogP contribution in [0.15, 0.2) is 18.2 Å². The molecule has 0 aromatic heterocycles. The lowest BCUT2D eigenvalue weighted by Crippen LogP contribution is -2.32. The Morgan fingerprint density at radius 2 is 2.00 bits per heavy atom. The molecule has 2 rings (SSSR count). The van der Waals surface area contributed by atoms with Gasteiger partial charge in [-0.1, -0.05) is 13.8 Å². The second kappa shape index (κ2) is 6.57. The summed E-state index contributed by atoms with van der Waals surface area (Å²) >= 11 is 0. The molecule has 1 atom stereocenters. The summed E-state index contributed by atoms with van der Waals surface area (Å²) < 4.78 is 13.5. The summed E-state index contributed by atoms with van der Waals surface area (Å²) in [6, 6.07) is 5.68. The van der Waals surface area contributed by atoms with E-state index in [2.05, 4.69) is 38.0 Å². The molecular weight excluding hydrogens is 251 g/mol. The number of hydrogen-bond acceptors (Lipinski definition) is 2. The van der Waals surface area contributed by atoms with Crippen LogP contribution in [-0.4, -0.2) is 19.6 Å². The highest BCUT2D eigenvalue weighted by molar-refractivity contribution is 5.54. The molecule has 1 aliphatic rings. The number of anilines is 1. The Hall–Kier alpha value is -1.09. The fourth-order valence-corrected chi connectivity index (χ4v) is 2.65. The van der Waals surface area contributed by atoms with E-state index in [1.54, 1.807) is 12.1 Å². The number of rotatable bonds is 7. The number of hydrogen-bond donors (Lipinski definition) is 1. The van der Waals surface area contributed by atoms with Crippen molar-refractivity contribution >= 4 is 5.69 Å². The molecule has 0 aliphatic heterocycles. The van der Waals surface area contributed by atoms with Gasteiger partial charge in [-0.15, -0.1) is 0 Å². The highest BCUT2D eigenvalue weighted by atomic mass is 19.1. The maximum absolute atomic E-state index is 13.5. The maximum Gasteiger partial charge on any atom is 0.123 e. The summed E-state index contributed by atoms with van der Waals surface area (Å²) in [6.07, 6.45) is 2.65. The second-order valence-corrected chi connectivity index (χ2v) is 6.49. The zero-order valence-corrected chi connectivity index (χ0v) is 13.1. The Morgan fingerprint density at radius 1 is 1.30 bits per heavy atom. The van der Waals surface area contributed by atoms with Crippen LogP contribution in [0.4, 0.5) is 10.1 Å². The molecule has 0 amide bonds. The zero-order valence-electron chi connectivity index (χ0n) is 13.1. The lowest BCUT2D eigenvalue weighted by molar-refractivity contribution is 0.547. The molecule has 1 aromatic carbocycles. The molecule has 2 nitrogen and oxygen atoms in total. The second-order valence-electron chi connectivity index (χ2n) is 6.49. The lowest BCUT2D eigenvalue weighted by Gasteiger charge is -2.29. The summed E-state index contributed by atoms with van der Waals surface area (Å²) in [5.74, 6) is 1.26. The van der Waals surface area contributed by atoms with Gasteiger partial charge in [-0.05, 0) is 61.9 Å². The normalized spacial score (nSPS) is 16.5. The highest BCUT2D eigenvalue weighted by Crippen LogP contribution is 2.37. The molecule has 1 aromatic rings. The average Bonchev–Trinajstić information content (AvgIpc) is 3.21. The Balaban J connectivity index is 2.09. The topological polar surface area (TPSA) is 15.3 Å². The standard InChI is InChI=1S/C17H27FN2/c1-12(2)10-19-11-15-9-16(18)7-8-17(15)20(4)13(3)14-5-6-14/h7-9,12-14,19H,5-6,10-11H2,1-4H3. The predicted molar refractivity (Wildman–Crippen MR) is 83.5 cm³/mol. The number of benzene rings is 1. The van der Waals surface area contributed by atoms with E-state index in [1.807, 2.05) is 6.07 Å². The Labute approximate surface area is 122 Å². The minimum atomic E-state index is -0.150. The summed E-state index contributed by atoms with van der Waals surface area (Å²) in [4.78, 5) is 2.31. The fourth-order valence-electron chi connectivity index (χ4n) is 2.65. The van der Waals surface area contributed by atoms with Crippen LogP contribution in [0.1, 0.15) is 39.2 Å². The lowest BCUT2D eigenvalue weighted by atomic mass is 10.1. The minimum absolute atomic E-state index is 0.150. The number of nitrogens with one attached hydrogen (secondary N) is 1. The fraction of sp³-hybridized carbons (Fsp3) is 0.647. The molecule has 112 valence electrons. The van der Waals surface area contributed by atoms with Gasteiger partial charge in [0.15, 0.2) is 0 Å². The van der Waals surface area contributed by atoms with Crippen LogP contribution in [0.3, 0.4) is 0 Å². The van der Waals surface area contributed by atoms with E-state index in [9.17, 15) is 4.39 Å². The van der Waals surface area contributed by atoms with E-state index in [0.717, 1.165) is 30.3 Å². The van der Waals surface area contributed by atoms with Crippen molar-refractivity contribution < 1.29 is 4.39 Å². The third-order valence-electron chi connectivity index (χ3n) is 4.20. The van der Waals surface area contributed by atoms with Crippen molar-refractivity contribution in [1.82, 2.24) is 5.32 Å². The minimum Gasteiger partial charge on any atom is -0.371 e. The van der Waals surface area contributed by atoms with Gasteiger partial charge in [-0.2, -0.15) is 0 Å². The molecule has 1 fully saturated rings. The van der Waals surface area contributed by atoms with Crippen molar-refractivity contribution in [3.05, 3.63) is 29.6 Å². The SMILES string of the molecule is CC(C)CNCc1cc(F)ccc1N(C)C(C)C1CC1. The van der Waals surface area contributed by atoms with Crippen LogP contribution in [0.2, 0.25) is 0 Å². The molecule has 1 aliphatic carbocycles. The average molecular weight is 278 g/mol. The van der Waals surface area contributed by atoms with Crippen molar-refractivity contribution in [3.8, 4) is 0 Å². The third-order valence-corrected chi connectivity index (χ3v) is 4.20. The van der Waals surface area contributed by atoms with Gasteiger partial charge in [-0.3, -0.25) is 0 Å². The van der Waals surface area contributed by atoms with Gasteiger partial charge in [0, 0.05) is 25.3 Å². The first-order valence-electron chi connectivity index (χ1n) is 7.71. The van der Waals surface area contributed by atoms with Gasteiger partial charge in [0.2, 0.25) is 0 Å². The van der Waals surface area contributed by atoms with Crippen LogP contribution in [0.5, 0.6) is 0 Å². The van der Waals surface area contributed by atoms with Crippen LogP contribution in [0.25, 0.3) is 0 Å². The van der Waals surface area contributed by atoms with E-state index in [4.69, 9.17) is 0 Å². The first-order valence-corrected chi connectivity index (χ1v) is 7.71. The molecule has 1 saturated carbocycles. The Morgan fingerprint density at radius 3 is 2.60 bits per heavy atom. The molecular formula is C17H27FN2. The van der Waals surface area contributed by atoms with E-state index < -0.39 is 0 Å². The van der Waals surface area contributed by atoms with Gasteiger partial charge in [-0.25, -0.2) is 4.39 Å². The van der Waals surface area contributed by atoms with E-state index in [0.29, 0.717) is 12.0 Å². The largest absolute Gasteiger partial charge is 0.371 e. The quantitative estimate of drug-likeness (QED) is 0.816. The zero-order chi connectivity index (χ0) is 14.7. The van der Waals surface area contributed by atoms with Crippen molar-refractivity contribution in [2.75, 3.05) is 18.5 Å². The number of nitrogens with zero attached hydrogens (tertiary/aromatic N) is 1. The van der Waals surface area contributed by atoms with Crippen LogP contribution in [0, 0.1) is 17.7 Å². The Bertz CT molecular complexity index is 441. The van der Waals surface area contributed by atoms with Crippen LogP contribution >= 0.6 is 0 Å². The first kappa shape index (κ1) is 15.3. The highest BCUT2D eigenvalue weighted by Gasteiger charge is 2.31. The molecule has 0 heterocycles. The van der Waals surface area contributed by atoms with Crippen LogP contribution in [-0.2, 0) is 6.54 Å². The summed E-state index contributed by atoms with van der Waals surface area (Å²) in [6.45, 7) is 8.32. The molecule has 20 heavy (non-hydrogen) atoms. The van der Waals surface area contributed by atoms with Gasteiger partial charge < -0.3 is 10.2 Å². The van der Waals surface area contributed by atoms with Crippen molar-refractivity contribution in [1.29, 1.82) is 0 Å². The summed E-state index contributed by atoms with van der Waals surface area (Å²) in [7, 11) is 2.13. The molecule has 0 saturated heterocycles. The molecule has 0 bridgehead atoms. The van der Waals surface area contributed by atoms with Crippen molar-refractivity contribution in [2.45, 2.75) is 46.2 Å². The Kier molecular flexibility index (Phi) is 5.03. The molecule has 3 heteroatoms. The van der Waals surface area contributed by atoms with Gasteiger partial charge in [0.1, 0.15) is 5.82 Å². The monoisotopic (exact) mass is 278 g/mol. The molecule has 0 spiro atoms. The molecule has 0 radical (unpaired) electrons. The van der Waals surface area contributed by atoms with E-state index >= 15 is 0 Å². The first-order chi connectivity index (χ1) is 9.49. The maximum atomic E-state index is 13.5. The third kappa shape index (κ3) is 3.95. The van der Waals surface area contributed by atoms with Crippen molar-refractivity contribution in [2.24, 2.45) is 11.8 Å².